The number of furan rings is 1. The molecule has 0 fully saturated rings. The molecular formula is C36H22N2O. The largest absolute Gasteiger partial charge is 0.456 e. The smallest absolute Gasteiger partial charge is 0.135 e. The van der Waals surface area contributed by atoms with Crippen LogP contribution in [0.5, 0.6) is 0 Å². The lowest BCUT2D eigenvalue weighted by molar-refractivity contribution is 0.617. The fourth-order valence-electron chi connectivity index (χ4n) is 8.43. The van der Waals surface area contributed by atoms with Gasteiger partial charge in [0.05, 0.1) is 27.8 Å². The van der Waals surface area contributed by atoms with Gasteiger partial charge in [-0.15, -0.1) is 0 Å². The van der Waals surface area contributed by atoms with Crippen molar-refractivity contribution in [2.75, 3.05) is 0 Å². The molecule has 2 aliphatic rings. The van der Waals surface area contributed by atoms with Gasteiger partial charge in [-0.05, 0) is 66.8 Å². The second-order valence-corrected chi connectivity index (χ2v) is 11.6. The molecule has 3 nitrogen and oxygen atoms in total. The molecule has 3 heteroatoms. The molecule has 11 rings (SSSR count). The third kappa shape index (κ3) is 2.04. The maximum absolute atomic E-state index is 6.35. The summed E-state index contributed by atoms with van der Waals surface area (Å²) in [7, 11) is 0. The molecule has 4 aromatic heterocycles. The van der Waals surface area contributed by atoms with E-state index in [9.17, 15) is 0 Å². The van der Waals surface area contributed by atoms with Crippen molar-refractivity contribution < 1.29 is 4.42 Å². The minimum absolute atomic E-state index is 0.427. The average Bonchev–Trinajstić information content (AvgIpc) is 3.76. The molecule has 39 heavy (non-hydrogen) atoms. The van der Waals surface area contributed by atoms with E-state index < -0.39 is 0 Å². The maximum atomic E-state index is 6.35. The van der Waals surface area contributed by atoms with Crippen molar-refractivity contribution in [2.24, 2.45) is 0 Å². The van der Waals surface area contributed by atoms with E-state index in [4.69, 9.17) is 4.42 Å². The van der Waals surface area contributed by atoms with Crippen LogP contribution in [0.15, 0.2) is 95.4 Å². The van der Waals surface area contributed by atoms with Crippen LogP contribution in [0.4, 0.5) is 0 Å². The summed E-state index contributed by atoms with van der Waals surface area (Å²) in [5, 5.41) is 9.38. The molecule has 1 aliphatic heterocycles. The van der Waals surface area contributed by atoms with Crippen LogP contribution in [-0.2, 0) is 6.42 Å². The number of benzene rings is 5. The quantitative estimate of drug-likeness (QED) is 0.204. The first-order chi connectivity index (χ1) is 19.4. The van der Waals surface area contributed by atoms with Crippen LogP contribution in [-0.4, -0.2) is 8.97 Å². The van der Waals surface area contributed by atoms with Gasteiger partial charge in [-0.1, -0.05) is 54.6 Å². The van der Waals surface area contributed by atoms with Gasteiger partial charge in [0.15, 0.2) is 0 Å². The molecule has 1 aliphatic carbocycles. The summed E-state index contributed by atoms with van der Waals surface area (Å²) in [6.07, 6.45) is 3.56. The predicted octanol–water partition coefficient (Wildman–Crippen LogP) is 9.46. The van der Waals surface area contributed by atoms with Gasteiger partial charge in [-0.2, -0.15) is 0 Å². The van der Waals surface area contributed by atoms with Crippen LogP contribution in [0.2, 0.25) is 0 Å². The van der Waals surface area contributed by atoms with Gasteiger partial charge in [0.1, 0.15) is 11.2 Å². The molecular weight excluding hydrogens is 476 g/mol. The number of rotatable bonds is 0. The Kier molecular flexibility index (Phi) is 3.11. The minimum Gasteiger partial charge on any atom is -0.456 e. The Balaban J connectivity index is 1.40. The number of hydrogen-bond donors (Lipinski definition) is 0. The maximum Gasteiger partial charge on any atom is 0.135 e. The average molecular weight is 499 g/mol. The van der Waals surface area contributed by atoms with Crippen LogP contribution < -0.4 is 0 Å². The van der Waals surface area contributed by atoms with Crippen molar-refractivity contribution in [1.82, 2.24) is 8.97 Å². The fraction of sp³-hybridized carbons (Fsp3) is 0.111. The first kappa shape index (κ1) is 19.3. The molecule has 0 saturated carbocycles. The van der Waals surface area contributed by atoms with Crippen LogP contribution in [0.1, 0.15) is 35.6 Å². The Morgan fingerprint density at radius 2 is 1.41 bits per heavy atom. The summed E-state index contributed by atoms with van der Waals surface area (Å²) >= 11 is 0. The Labute approximate surface area is 222 Å². The van der Waals surface area contributed by atoms with E-state index >= 15 is 0 Å². The summed E-state index contributed by atoms with van der Waals surface area (Å²) < 4.78 is 11.5. The third-order valence-electron chi connectivity index (χ3n) is 9.84. The second kappa shape index (κ2) is 6.27. The van der Waals surface area contributed by atoms with Gasteiger partial charge in [0, 0.05) is 49.3 Å². The summed E-state index contributed by atoms with van der Waals surface area (Å²) in [4.78, 5) is 0. The molecule has 0 amide bonds. The molecule has 9 aromatic rings. The van der Waals surface area contributed by atoms with E-state index in [1.54, 1.807) is 5.56 Å². The van der Waals surface area contributed by atoms with Gasteiger partial charge in [-0.3, -0.25) is 0 Å². The summed E-state index contributed by atoms with van der Waals surface area (Å²) in [5.74, 6) is 0.427. The van der Waals surface area contributed by atoms with Gasteiger partial charge in [0.25, 0.3) is 0 Å². The van der Waals surface area contributed by atoms with Crippen LogP contribution in [0, 0.1) is 0 Å². The zero-order valence-corrected chi connectivity index (χ0v) is 21.2. The Morgan fingerprint density at radius 3 is 2.31 bits per heavy atom. The third-order valence-corrected chi connectivity index (χ3v) is 9.84. The zero-order chi connectivity index (χ0) is 25.0. The topological polar surface area (TPSA) is 22.5 Å². The van der Waals surface area contributed by atoms with E-state index in [0.717, 1.165) is 17.6 Å². The van der Waals surface area contributed by atoms with Gasteiger partial charge in [0.2, 0.25) is 0 Å². The number of aromatic nitrogens is 2. The fourth-order valence-corrected chi connectivity index (χ4v) is 8.43. The second-order valence-electron chi connectivity index (χ2n) is 11.6. The van der Waals surface area contributed by atoms with Crippen molar-refractivity contribution in [3.8, 4) is 5.69 Å². The van der Waals surface area contributed by atoms with E-state index in [0.29, 0.717) is 5.92 Å². The van der Waals surface area contributed by atoms with E-state index in [2.05, 4.69) is 100.0 Å². The highest BCUT2D eigenvalue weighted by Gasteiger charge is 2.38. The molecule has 0 radical (unpaired) electrons. The standard InChI is InChI=1S/C36H22N2O/c1-4-13-27-19(8-1)26-17-30-33(34-22-10-2-5-14-28(22)37(27)36(26)34)23-12-7-11-21-24-18-32-25(16-29(24)38(30)35(21)23)20-9-3-6-15-31(20)39-32/h1-6,8-10,13-18,21H,7,11-12H2. The molecule has 0 spiro atoms. The number of hydrogen-bond acceptors (Lipinski definition) is 1. The highest BCUT2D eigenvalue weighted by Crippen LogP contribution is 2.54. The summed E-state index contributed by atoms with van der Waals surface area (Å²) in [5.41, 5.74) is 13.2. The van der Waals surface area contributed by atoms with Gasteiger partial charge in [-0.25, -0.2) is 0 Å². The van der Waals surface area contributed by atoms with E-state index in [1.807, 2.05) is 0 Å². The monoisotopic (exact) mass is 498 g/mol. The van der Waals surface area contributed by atoms with E-state index in [1.165, 1.54) is 89.6 Å². The van der Waals surface area contributed by atoms with Gasteiger partial charge < -0.3 is 13.4 Å². The highest BCUT2D eigenvalue weighted by molar-refractivity contribution is 6.32. The Hall–Kier alpha value is -4.76. The highest BCUT2D eigenvalue weighted by atomic mass is 16.3. The zero-order valence-electron chi connectivity index (χ0n) is 21.2. The summed E-state index contributed by atoms with van der Waals surface area (Å²) in [6.45, 7) is 0. The molecule has 182 valence electrons. The predicted molar refractivity (Wildman–Crippen MR) is 160 cm³/mol. The number of aryl methyl sites for hydroxylation is 1. The summed E-state index contributed by atoms with van der Waals surface area (Å²) in [6, 6.07) is 33.6. The van der Waals surface area contributed by atoms with Crippen LogP contribution in [0.25, 0.3) is 76.6 Å². The normalized spacial score (nSPS) is 16.7. The lowest BCUT2D eigenvalue weighted by Gasteiger charge is -2.19. The van der Waals surface area contributed by atoms with Crippen molar-refractivity contribution in [3.05, 3.63) is 108 Å². The molecule has 0 N–H and O–H groups in total. The van der Waals surface area contributed by atoms with Crippen molar-refractivity contribution in [1.29, 1.82) is 0 Å². The van der Waals surface area contributed by atoms with Crippen LogP contribution in [0.3, 0.4) is 0 Å². The first-order valence-electron chi connectivity index (χ1n) is 14.1. The Morgan fingerprint density at radius 1 is 0.641 bits per heavy atom. The van der Waals surface area contributed by atoms with E-state index in [-0.39, 0.29) is 0 Å². The molecule has 1 unspecified atom stereocenters. The van der Waals surface area contributed by atoms with Crippen LogP contribution >= 0.6 is 0 Å². The van der Waals surface area contributed by atoms with Crippen molar-refractivity contribution >= 4 is 70.9 Å². The molecule has 5 heterocycles. The first-order valence-corrected chi connectivity index (χ1v) is 14.1. The minimum atomic E-state index is 0.427. The molecule has 5 aromatic carbocycles. The number of para-hydroxylation sites is 3. The molecule has 0 saturated heterocycles. The van der Waals surface area contributed by atoms with Crippen molar-refractivity contribution in [2.45, 2.75) is 25.2 Å². The van der Waals surface area contributed by atoms with Gasteiger partial charge >= 0.3 is 0 Å². The molecule has 0 bridgehead atoms. The SMILES string of the molecule is c1ccc2c(c1)oc1cc3c(cc12)-n1c2c(c4c5c6ccccc6n6c7ccccc7c(cc41)c56)CCCC32. The lowest BCUT2D eigenvalue weighted by Crippen LogP contribution is -2.07. The Bertz CT molecular complexity index is 2540. The lowest BCUT2D eigenvalue weighted by atomic mass is 9.83. The number of fused-ring (bicyclic) bond motifs is 16. The number of nitrogens with zero attached hydrogens (tertiary/aromatic N) is 2. The van der Waals surface area contributed by atoms with Crippen molar-refractivity contribution in [3.63, 3.8) is 0 Å². The molecule has 1 atom stereocenters.